The molecule has 0 amide bonds. The molecule has 23 heavy (non-hydrogen) atoms. The van der Waals surface area contributed by atoms with Crippen molar-refractivity contribution < 1.29 is 5.11 Å². The van der Waals surface area contributed by atoms with Gasteiger partial charge >= 0.3 is 0 Å². The molecule has 124 valence electrons. The molecule has 0 aromatic heterocycles. The molecule has 3 aliphatic rings. The number of allylic oxidation sites excluding steroid dienone is 2. The summed E-state index contributed by atoms with van der Waals surface area (Å²) in [5, 5.41) is 10.0. The first-order valence-electron chi connectivity index (χ1n) is 8.78. The number of nitrogens with zero attached hydrogens (tertiary/aromatic N) is 2. The summed E-state index contributed by atoms with van der Waals surface area (Å²) in [5.41, 5.74) is 1.02. The minimum atomic E-state index is 0.407. The number of halogens is 1. The number of hydrogen-bond acceptors (Lipinski definition) is 3. The topological polar surface area (TPSA) is 26.7 Å². The van der Waals surface area contributed by atoms with E-state index in [1.807, 2.05) is 12.1 Å². The van der Waals surface area contributed by atoms with E-state index in [-0.39, 0.29) is 0 Å². The molecule has 4 heteroatoms. The van der Waals surface area contributed by atoms with Crippen molar-refractivity contribution in [3.63, 3.8) is 0 Å². The Morgan fingerprint density at radius 2 is 1.83 bits per heavy atom. The zero-order chi connectivity index (χ0) is 15.8. The first kappa shape index (κ1) is 15.7. The van der Waals surface area contributed by atoms with Crippen LogP contribution in [0.25, 0.3) is 0 Å². The maximum absolute atomic E-state index is 10.0. The number of phenolic OH excluding ortho intramolecular Hbond substituents is 1. The van der Waals surface area contributed by atoms with Gasteiger partial charge in [0.1, 0.15) is 5.75 Å². The SMILES string of the molecule is Oc1ccc(Br)cc1CN1CCN(C[C@@H]2C[C@@H]3C=C[C@H]2C3)CC1. The van der Waals surface area contributed by atoms with Gasteiger partial charge in [-0.1, -0.05) is 28.1 Å². The largest absolute Gasteiger partial charge is 0.508 e. The number of benzene rings is 1. The summed E-state index contributed by atoms with van der Waals surface area (Å²) < 4.78 is 1.04. The molecule has 3 atom stereocenters. The monoisotopic (exact) mass is 376 g/mol. The molecule has 1 saturated carbocycles. The van der Waals surface area contributed by atoms with Gasteiger partial charge in [-0.05, 0) is 48.8 Å². The second-order valence-corrected chi connectivity index (χ2v) is 8.31. The highest BCUT2D eigenvalue weighted by molar-refractivity contribution is 9.10. The molecule has 2 fully saturated rings. The number of phenols is 1. The van der Waals surface area contributed by atoms with Crippen LogP contribution in [0.4, 0.5) is 0 Å². The van der Waals surface area contributed by atoms with Gasteiger partial charge in [0.05, 0.1) is 0 Å². The highest BCUT2D eigenvalue weighted by atomic mass is 79.9. The lowest BCUT2D eigenvalue weighted by molar-refractivity contribution is 0.108. The Morgan fingerprint density at radius 3 is 2.52 bits per heavy atom. The molecule has 1 aromatic carbocycles. The highest BCUT2D eigenvalue weighted by Crippen LogP contribution is 2.43. The minimum Gasteiger partial charge on any atom is -0.508 e. The summed E-state index contributed by atoms with van der Waals surface area (Å²) in [6.45, 7) is 6.64. The molecule has 2 bridgehead atoms. The lowest BCUT2D eigenvalue weighted by Gasteiger charge is -2.37. The standard InChI is InChI=1S/C19H25BrN2O/c20-18-3-4-19(23)17(11-18)13-22-7-5-21(6-8-22)12-16-10-14-1-2-15(16)9-14/h1-4,11,14-16,23H,5-10,12-13H2/t14-,15+,16+/m1/s1. The molecule has 1 N–H and O–H groups in total. The zero-order valence-electron chi connectivity index (χ0n) is 13.5. The van der Waals surface area contributed by atoms with Crippen molar-refractivity contribution in [2.45, 2.75) is 19.4 Å². The fourth-order valence-corrected chi connectivity index (χ4v) is 4.90. The van der Waals surface area contributed by atoms with Crippen LogP contribution < -0.4 is 0 Å². The Kier molecular flexibility index (Phi) is 4.48. The number of hydrogen-bond donors (Lipinski definition) is 1. The second kappa shape index (κ2) is 6.58. The second-order valence-electron chi connectivity index (χ2n) is 7.39. The molecular formula is C19H25BrN2O. The normalized spacial score (nSPS) is 31.1. The van der Waals surface area contributed by atoms with Gasteiger partial charge in [-0.15, -0.1) is 0 Å². The third-order valence-corrected chi connectivity index (χ3v) is 6.30. The predicted molar refractivity (Wildman–Crippen MR) is 96.4 cm³/mol. The quantitative estimate of drug-likeness (QED) is 0.814. The van der Waals surface area contributed by atoms with Gasteiger partial charge in [0, 0.05) is 49.3 Å². The van der Waals surface area contributed by atoms with Crippen LogP contribution in [0, 0.1) is 17.8 Å². The fourth-order valence-electron chi connectivity index (χ4n) is 4.49. The van der Waals surface area contributed by atoms with Gasteiger partial charge in [-0.3, -0.25) is 4.90 Å². The molecule has 0 spiro atoms. The Hall–Kier alpha value is -0.840. The third-order valence-electron chi connectivity index (χ3n) is 5.81. The lowest BCUT2D eigenvalue weighted by Crippen LogP contribution is -2.47. The van der Waals surface area contributed by atoms with Crippen molar-refractivity contribution in [2.75, 3.05) is 32.7 Å². The van der Waals surface area contributed by atoms with E-state index in [1.165, 1.54) is 19.4 Å². The minimum absolute atomic E-state index is 0.407. The van der Waals surface area contributed by atoms with Gasteiger partial charge in [0.25, 0.3) is 0 Å². The van der Waals surface area contributed by atoms with Crippen LogP contribution in [0.3, 0.4) is 0 Å². The smallest absolute Gasteiger partial charge is 0.120 e. The van der Waals surface area contributed by atoms with Crippen molar-refractivity contribution in [1.82, 2.24) is 9.80 Å². The maximum atomic E-state index is 10.0. The van der Waals surface area contributed by atoms with Crippen LogP contribution in [-0.4, -0.2) is 47.6 Å². The summed E-state index contributed by atoms with van der Waals surface area (Å²) in [6.07, 6.45) is 7.72. The molecule has 1 aromatic rings. The van der Waals surface area contributed by atoms with E-state index >= 15 is 0 Å². The van der Waals surface area contributed by atoms with Crippen molar-refractivity contribution >= 4 is 15.9 Å². The zero-order valence-corrected chi connectivity index (χ0v) is 15.1. The summed E-state index contributed by atoms with van der Waals surface area (Å²) in [6, 6.07) is 5.70. The summed E-state index contributed by atoms with van der Waals surface area (Å²) in [7, 11) is 0. The Morgan fingerprint density at radius 1 is 1.04 bits per heavy atom. The van der Waals surface area contributed by atoms with Crippen molar-refractivity contribution in [3.8, 4) is 5.75 Å². The summed E-state index contributed by atoms with van der Waals surface area (Å²) in [4.78, 5) is 5.11. The molecule has 1 heterocycles. The predicted octanol–water partition coefficient (Wildman–Crippen LogP) is 3.48. The van der Waals surface area contributed by atoms with E-state index in [0.717, 1.165) is 60.5 Å². The van der Waals surface area contributed by atoms with Gasteiger partial charge in [-0.25, -0.2) is 0 Å². The van der Waals surface area contributed by atoms with E-state index in [4.69, 9.17) is 0 Å². The Bertz CT molecular complexity index is 595. The van der Waals surface area contributed by atoms with Crippen LogP contribution >= 0.6 is 15.9 Å². The van der Waals surface area contributed by atoms with Crippen LogP contribution in [0.5, 0.6) is 5.75 Å². The van der Waals surface area contributed by atoms with Crippen LogP contribution in [-0.2, 0) is 6.54 Å². The highest BCUT2D eigenvalue weighted by Gasteiger charge is 2.36. The Labute approximate surface area is 147 Å². The van der Waals surface area contributed by atoms with E-state index in [1.54, 1.807) is 6.07 Å². The van der Waals surface area contributed by atoms with E-state index in [9.17, 15) is 5.11 Å². The summed E-state index contributed by atoms with van der Waals surface area (Å²) in [5.74, 6) is 3.04. The fraction of sp³-hybridized carbons (Fsp3) is 0.579. The maximum Gasteiger partial charge on any atom is 0.120 e. The first-order valence-corrected chi connectivity index (χ1v) is 9.57. The molecule has 3 nitrogen and oxygen atoms in total. The molecule has 1 saturated heterocycles. The Balaban J connectivity index is 1.27. The van der Waals surface area contributed by atoms with Gasteiger partial charge < -0.3 is 10.0 Å². The lowest BCUT2D eigenvalue weighted by atomic mass is 9.93. The number of fused-ring (bicyclic) bond motifs is 2. The summed E-state index contributed by atoms with van der Waals surface area (Å²) >= 11 is 3.49. The van der Waals surface area contributed by atoms with Crippen LogP contribution in [0.2, 0.25) is 0 Å². The third kappa shape index (κ3) is 3.49. The van der Waals surface area contributed by atoms with Crippen molar-refractivity contribution in [3.05, 3.63) is 40.4 Å². The molecule has 0 radical (unpaired) electrons. The molecule has 0 unspecified atom stereocenters. The molecule has 2 aliphatic carbocycles. The van der Waals surface area contributed by atoms with Crippen molar-refractivity contribution in [1.29, 1.82) is 0 Å². The van der Waals surface area contributed by atoms with E-state index in [0.29, 0.717) is 5.75 Å². The average Bonchev–Trinajstić information content (AvgIpc) is 3.16. The van der Waals surface area contributed by atoms with Crippen LogP contribution in [0.1, 0.15) is 18.4 Å². The number of rotatable bonds is 4. The molecule has 1 aliphatic heterocycles. The average molecular weight is 377 g/mol. The first-order chi connectivity index (χ1) is 11.2. The molecule has 4 rings (SSSR count). The van der Waals surface area contributed by atoms with Gasteiger partial charge in [0.2, 0.25) is 0 Å². The van der Waals surface area contributed by atoms with Gasteiger partial charge in [-0.2, -0.15) is 0 Å². The number of piperazine rings is 1. The number of aromatic hydroxyl groups is 1. The van der Waals surface area contributed by atoms with Gasteiger partial charge in [0.15, 0.2) is 0 Å². The van der Waals surface area contributed by atoms with E-state index < -0.39 is 0 Å². The van der Waals surface area contributed by atoms with Crippen molar-refractivity contribution in [2.24, 2.45) is 17.8 Å². The van der Waals surface area contributed by atoms with Crippen LogP contribution in [0.15, 0.2) is 34.8 Å². The molecular weight excluding hydrogens is 352 g/mol. The van der Waals surface area contributed by atoms with E-state index in [2.05, 4.69) is 37.9 Å².